The molecule has 1 aliphatic heterocycles. The van der Waals surface area contributed by atoms with Crippen molar-refractivity contribution in [2.24, 2.45) is 5.73 Å². The third kappa shape index (κ3) is 4.05. The molecule has 1 saturated heterocycles. The molecule has 0 unspecified atom stereocenters. The van der Waals surface area contributed by atoms with Crippen LogP contribution < -0.4 is 16.0 Å². The molecule has 1 aliphatic rings. The van der Waals surface area contributed by atoms with Crippen LogP contribution in [0.3, 0.4) is 0 Å². The van der Waals surface area contributed by atoms with E-state index in [4.69, 9.17) is 17.3 Å². The number of nitrogens with two attached hydrogens (primary N) is 1. The Kier molecular flexibility index (Phi) is 5.15. The van der Waals surface area contributed by atoms with Gasteiger partial charge in [0.1, 0.15) is 5.82 Å². The van der Waals surface area contributed by atoms with Crippen LogP contribution in [0.25, 0.3) is 0 Å². The number of aryl methyl sites for hydroxylation is 1. The van der Waals surface area contributed by atoms with Crippen LogP contribution in [0.5, 0.6) is 0 Å². The first-order valence-corrected chi connectivity index (χ1v) is 8.55. The van der Waals surface area contributed by atoms with Gasteiger partial charge in [0, 0.05) is 43.1 Å². The normalized spacial score (nSPS) is 17.1. The number of carbonyl (C=O) groups is 1. The number of hydrogen-bond donors (Lipinski definition) is 2. The monoisotopic (exact) mass is 360 g/mol. The van der Waals surface area contributed by atoms with Crippen LogP contribution in [0.4, 0.5) is 5.82 Å². The highest BCUT2D eigenvalue weighted by atomic mass is 35.5. The van der Waals surface area contributed by atoms with Crippen molar-refractivity contribution in [1.29, 1.82) is 0 Å². The average Bonchev–Trinajstić information content (AvgIpc) is 3.05. The van der Waals surface area contributed by atoms with E-state index < -0.39 is 5.91 Å². The zero-order chi connectivity index (χ0) is 18.0. The molecule has 2 aromatic heterocycles. The van der Waals surface area contributed by atoms with Crippen LogP contribution in [0, 0.1) is 13.8 Å². The topological polar surface area (TPSA) is 97.0 Å². The van der Waals surface area contributed by atoms with Gasteiger partial charge < -0.3 is 16.0 Å². The van der Waals surface area contributed by atoms with Gasteiger partial charge in [-0.2, -0.15) is 0 Å². The third-order valence-corrected chi connectivity index (χ3v) is 4.66. The highest BCUT2D eigenvalue weighted by molar-refractivity contribution is 6.30. The summed E-state index contributed by atoms with van der Waals surface area (Å²) in [5.74, 6) is 0.252. The van der Waals surface area contributed by atoms with E-state index in [9.17, 15) is 4.79 Å². The van der Waals surface area contributed by atoms with E-state index in [2.05, 4.69) is 25.2 Å². The van der Waals surface area contributed by atoms with E-state index in [1.165, 1.54) is 0 Å². The number of rotatable bonds is 5. The van der Waals surface area contributed by atoms with Gasteiger partial charge in [0.15, 0.2) is 0 Å². The number of carbonyl (C=O) groups excluding carboxylic acids is 1. The Morgan fingerprint density at radius 3 is 2.88 bits per heavy atom. The summed E-state index contributed by atoms with van der Waals surface area (Å²) in [6.07, 6.45) is 2.64. The Bertz CT molecular complexity index is 779. The summed E-state index contributed by atoms with van der Waals surface area (Å²) in [5, 5.41) is 4.14. The minimum Gasteiger partial charge on any atom is -0.363 e. The fourth-order valence-corrected chi connectivity index (χ4v) is 3.02. The summed E-state index contributed by atoms with van der Waals surface area (Å²) >= 11 is 5.85. The molecule has 25 heavy (non-hydrogen) atoms. The van der Waals surface area contributed by atoms with E-state index >= 15 is 0 Å². The molecule has 132 valence electrons. The Labute approximate surface area is 151 Å². The van der Waals surface area contributed by atoms with Gasteiger partial charge in [-0.3, -0.25) is 9.78 Å². The quantitative estimate of drug-likeness (QED) is 0.840. The van der Waals surface area contributed by atoms with E-state index in [0.29, 0.717) is 17.6 Å². The predicted octanol–water partition coefficient (Wildman–Crippen LogP) is 1.61. The number of amides is 1. The molecule has 0 bridgehead atoms. The van der Waals surface area contributed by atoms with Gasteiger partial charge >= 0.3 is 0 Å². The first kappa shape index (κ1) is 17.6. The third-order valence-electron chi connectivity index (χ3n) is 4.43. The number of pyridine rings is 1. The molecule has 0 spiro atoms. The van der Waals surface area contributed by atoms with Gasteiger partial charge in [-0.15, -0.1) is 0 Å². The minimum atomic E-state index is -0.605. The number of aromatic nitrogens is 3. The Hall–Kier alpha value is -2.25. The maximum absolute atomic E-state index is 11.4. The highest BCUT2D eigenvalue weighted by Crippen LogP contribution is 2.24. The molecule has 7 nitrogen and oxygen atoms in total. The molecule has 0 saturated carbocycles. The van der Waals surface area contributed by atoms with Crippen molar-refractivity contribution in [2.75, 3.05) is 18.0 Å². The van der Waals surface area contributed by atoms with Gasteiger partial charge in [-0.05, 0) is 32.4 Å². The Morgan fingerprint density at radius 2 is 2.20 bits per heavy atom. The predicted molar refractivity (Wildman–Crippen MR) is 96.7 cm³/mol. The van der Waals surface area contributed by atoms with Crippen molar-refractivity contribution in [3.8, 4) is 0 Å². The Balaban J connectivity index is 1.66. The summed E-state index contributed by atoms with van der Waals surface area (Å²) in [4.78, 5) is 26.4. The number of anilines is 1. The second kappa shape index (κ2) is 7.33. The van der Waals surface area contributed by atoms with E-state index in [0.717, 1.165) is 42.3 Å². The van der Waals surface area contributed by atoms with Gasteiger partial charge in [0.2, 0.25) is 5.82 Å². The molecule has 0 aromatic carbocycles. The molecule has 3 heterocycles. The second-order valence-corrected chi connectivity index (χ2v) is 6.66. The molecule has 8 heteroatoms. The Morgan fingerprint density at radius 1 is 1.40 bits per heavy atom. The van der Waals surface area contributed by atoms with Crippen molar-refractivity contribution in [1.82, 2.24) is 20.3 Å². The summed E-state index contributed by atoms with van der Waals surface area (Å²) in [6.45, 7) is 6.19. The molecular formula is C17H21ClN6O. The van der Waals surface area contributed by atoms with E-state index in [1.807, 2.05) is 26.0 Å². The van der Waals surface area contributed by atoms with E-state index in [1.54, 1.807) is 6.20 Å². The fraction of sp³-hybridized carbons (Fsp3) is 0.412. The van der Waals surface area contributed by atoms with Crippen LogP contribution in [0.2, 0.25) is 5.02 Å². The minimum absolute atomic E-state index is 0.0693. The first-order valence-electron chi connectivity index (χ1n) is 8.18. The highest BCUT2D eigenvalue weighted by Gasteiger charge is 2.26. The van der Waals surface area contributed by atoms with Crippen molar-refractivity contribution < 1.29 is 4.79 Å². The van der Waals surface area contributed by atoms with Gasteiger partial charge in [0.05, 0.1) is 10.7 Å². The van der Waals surface area contributed by atoms with Crippen LogP contribution in [0.15, 0.2) is 18.3 Å². The molecule has 0 aliphatic carbocycles. The van der Waals surface area contributed by atoms with E-state index in [-0.39, 0.29) is 5.82 Å². The lowest BCUT2D eigenvalue weighted by molar-refractivity contribution is 0.0990. The maximum atomic E-state index is 11.4. The van der Waals surface area contributed by atoms with Crippen LogP contribution in [0.1, 0.15) is 34.0 Å². The second-order valence-electron chi connectivity index (χ2n) is 6.23. The smallest absolute Gasteiger partial charge is 0.286 e. The summed E-state index contributed by atoms with van der Waals surface area (Å²) in [7, 11) is 0. The number of nitrogens with zero attached hydrogens (tertiary/aromatic N) is 4. The first-order chi connectivity index (χ1) is 11.9. The van der Waals surface area contributed by atoms with Crippen LogP contribution >= 0.6 is 11.6 Å². The van der Waals surface area contributed by atoms with Crippen LogP contribution in [-0.2, 0) is 6.54 Å². The standard InChI is InChI=1S/C17H21ClN6O/c1-10-11(2)22-16(15(19)25)23-17(10)24-6-5-14(9-24)21-8-13-4-3-12(18)7-20-13/h3-4,7,14,21H,5-6,8-9H2,1-2H3,(H2,19,25)/t14-/m1/s1. The SMILES string of the molecule is Cc1nc(C(N)=O)nc(N2CC[C@@H](NCc3ccc(Cl)cn3)C2)c1C. The van der Waals surface area contributed by atoms with Crippen LogP contribution in [-0.4, -0.2) is 40.0 Å². The van der Waals surface area contributed by atoms with Crippen molar-refractivity contribution >= 4 is 23.3 Å². The molecule has 3 N–H and O–H groups in total. The maximum Gasteiger partial charge on any atom is 0.286 e. The lowest BCUT2D eigenvalue weighted by Gasteiger charge is -2.21. The van der Waals surface area contributed by atoms with Gasteiger partial charge in [-0.1, -0.05) is 11.6 Å². The zero-order valence-electron chi connectivity index (χ0n) is 14.3. The summed E-state index contributed by atoms with van der Waals surface area (Å²) < 4.78 is 0. The molecule has 3 rings (SSSR count). The molecule has 0 radical (unpaired) electrons. The van der Waals surface area contributed by atoms with Gasteiger partial charge in [0.25, 0.3) is 5.91 Å². The average molecular weight is 361 g/mol. The number of nitrogens with one attached hydrogen (secondary N) is 1. The molecule has 1 atom stereocenters. The number of halogens is 1. The molecular weight excluding hydrogens is 340 g/mol. The lowest BCUT2D eigenvalue weighted by atomic mass is 10.2. The summed E-state index contributed by atoms with van der Waals surface area (Å²) in [6, 6.07) is 4.08. The van der Waals surface area contributed by atoms with Gasteiger partial charge in [-0.25, -0.2) is 9.97 Å². The molecule has 1 fully saturated rings. The fourth-order valence-electron chi connectivity index (χ4n) is 2.91. The lowest BCUT2D eigenvalue weighted by Crippen LogP contribution is -2.33. The van der Waals surface area contributed by atoms with Crippen molar-refractivity contribution in [2.45, 2.75) is 32.9 Å². The zero-order valence-corrected chi connectivity index (χ0v) is 15.0. The number of primary amides is 1. The largest absolute Gasteiger partial charge is 0.363 e. The molecule has 1 amide bonds. The summed E-state index contributed by atoms with van der Waals surface area (Å²) in [5.41, 5.74) is 8.05. The molecule has 2 aromatic rings. The van der Waals surface area contributed by atoms with Crippen molar-refractivity contribution in [3.63, 3.8) is 0 Å². The van der Waals surface area contributed by atoms with Crippen molar-refractivity contribution in [3.05, 3.63) is 46.1 Å². The number of hydrogen-bond acceptors (Lipinski definition) is 6.